The van der Waals surface area contributed by atoms with Gasteiger partial charge in [-0.05, 0) is 18.2 Å². The number of nitrogens with zero attached hydrogens (tertiary/aromatic N) is 1. The molecule has 1 aromatic rings. The van der Waals surface area contributed by atoms with Crippen LogP contribution in [0, 0.1) is 0 Å². The third-order valence-electron chi connectivity index (χ3n) is 3.02. The first-order valence-electron chi connectivity index (χ1n) is 5.53. The highest BCUT2D eigenvalue weighted by Gasteiger charge is 2.32. The number of carboxylic acids is 2. The Balaban J connectivity index is 2.38. The maximum atomic E-state index is 11.8. The van der Waals surface area contributed by atoms with Crippen LogP contribution in [0.2, 0.25) is 0 Å². The van der Waals surface area contributed by atoms with Gasteiger partial charge >= 0.3 is 11.9 Å². The molecule has 1 aliphatic rings. The summed E-state index contributed by atoms with van der Waals surface area (Å²) in [7, 11) is 1.60. The molecule has 0 aliphatic carbocycles. The van der Waals surface area contributed by atoms with Crippen LogP contribution in [-0.4, -0.2) is 41.1 Å². The monoisotopic (exact) mass is 264 g/mol. The fraction of sp³-hybridized carbons (Fsp3) is 0.250. The molecule has 0 radical (unpaired) electrons. The molecule has 0 saturated carbocycles. The maximum absolute atomic E-state index is 11.8. The lowest BCUT2D eigenvalue weighted by Crippen LogP contribution is -2.47. The standard InChI is InChI=1S/C12H12N2O5/c1-14-8-3-2-6(12(18)19)4-7(8)13-11(17)9(14)5-10(15)16/h2-4,9H,5H2,1H3,(H,13,17)(H,15,16)(H,18,19). The molecule has 1 unspecified atom stereocenters. The minimum absolute atomic E-state index is 0.0594. The molecule has 0 fully saturated rings. The van der Waals surface area contributed by atoms with Crippen LogP contribution in [0.5, 0.6) is 0 Å². The van der Waals surface area contributed by atoms with Gasteiger partial charge in [0.15, 0.2) is 0 Å². The van der Waals surface area contributed by atoms with Crippen LogP contribution in [0.15, 0.2) is 18.2 Å². The summed E-state index contributed by atoms with van der Waals surface area (Å²) in [6.07, 6.45) is -0.317. The number of nitrogens with one attached hydrogen (secondary N) is 1. The average Bonchev–Trinajstić information content (AvgIpc) is 2.33. The number of hydrogen-bond donors (Lipinski definition) is 3. The van der Waals surface area contributed by atoms with E-state index >= 15 is 0 Å². The minimum Gasteiger partial charge on any atom is -0.481 e. The first kappa shape index (κ1) is 12.9. The van der Waals surface area contributed by atoms with E-state index in [2.05, 4.69) is 5.32 Å². The molecule has 0 aromatic heterocycles. The van der Waals surface area contributed by atoms with Crippen LogP contribution in [0.25, 0.3) is 0 Å². The molecular formula is C12H12N2O5. The molecule has 0 saturated heterocycles. The number of anilines is 2. The van der Waals surface area contributed by atoms with Gasteiger partial charge in [0.1, 0.15) is 6.04 Å². The van der Waals surface area contributed by atoms with Crippen LogP contribution >= 0.6 is 0 Å². The molecule has 3 N–H and O–H groups in total. The van der Waals surface area contributed by atoms with Crippen molar-refractivity contribution < 1.29 is 24.6 Å². The molecule has 19 heavy (non-hydrogen) atoms. The second-order valence-corrected chi connectivity index (χ2v) is 4.25. The minimum atomic E-state index is -1.09. The Morgan fingerprint density at radius 3 is 2.63 bits per heavy atom. The summed E-state index contributed by atoms with van der Waals surface area (Å²) < 4.78 is 0. The molecule has 0 spiro atoms. The van der Waals surface area contributed by atoms with E-state index in [1.165, 1.54) is 17.0 Å². The molecule has 100 valence electrons. The highest BCUT2D eigenvalue weighted by atomic mass is 16.4. The SMILES string of the molecule is CN1c2ccc(C(=O)O)cc2NC(=O)C1CC(=O)O. The Kier molecular flexibility index (Phi) is 3.12. The van der Waals surface area contributed by atoms with Gasteiger partial charge in [0, 0.05) is 7.05 Å². The Morgan fingerprint density at radius 1 is 1.37 bits per heavy atom. The van der Waals surface area contributed by atoms with Crippen LogP contribution < -0.4 is 10.2 Å². The van der Waals surface area contributed by atoms with E-state index in [1.807, 2.05) is 0 Å². The average molecular weight is 264 g/mol. The van der Waals surface area contributed by atoms with E-state index in [9.17, 15) is 14.4 Å². The summed E-state index contributed by atoms with van der Waals surface area (Å²) in [5.74, 6) is -2.62. The topological polar surface area (TPSA) is 107 Å². The first-order valence-corrected chi connectivity index (χ1v) is 5.53. The molecule has 1 atom stereocenters. The smallest absolute Gasteiger partial charge is 0.335 e. The normalized spacial score (nSPS) is 17.6. The fourth-order valence-electron chi connectivity index (χ4n) is 2.03. The van der Waals surface area contributed by atoms with E-state index in [-0.39, 0.29) is 12.0 Å². The molecule has 2 rings (SSSR count). The van der Waals surface area contributed by atoms with Crippen LogP contribution in [-0.2, 0) is 9.59 Å². The lowest BCUT2D eigenvalue weighted by molar-refractivity contribution is -0.138. The molecule has 7 nitrogen and oxygen atoms in total. The van der Waals surface area contributed by atoms with E-state index in [1.54, 1.807) is 13.1 Å². The molecule has 7 heteroatoms. The third-order valence-corrected chi connectivity index (χ3v) is 3.02. The van der Waals surface area contributed by atoms with Gasteiger partial charge in [-0.3, -0.25) is 9.59 Å². The van der Waals surface area contributed by atoms with Crippen molar-refractivity contribution >= 4 is 29.2 Å². The predicted octanol–water partition coefficient (Wildman–Crippen LogP) is 0.616. The Labute approximate surface area is 108 Å². The molecule has 1 heterocycles. The number of benzene rings is 1. The summed E-state index contributed by atoms with van der Waals surface area (Å²) in [6.45, 7) is 0. The highest BCUT2D eigenvalue weighted by molar-refractivity contribution is 6.06. The molecule has 1 aliphatic heterocycles. The van der Waals surface area contributed by atoms with Crippen molar-refractivity contribution in [3.8, 4) is 0 Å². The van der Waals surface area contributed by atoms with Crippen molar-refractivity contribution in [1.82, 2.24) is 0 Å². The number of amides is 1. The van der Waals surface area contributed by atoms with Crippen molar-refractivity contribution in [3.63, 3.8) is 0 Å². The van der Waals surface area contributed by atoms with Crippen LogP contribution in [0.3, 0.4) is 0 Å². The maximum Gasteiger partial charge on any atom is 0.335 e. The summed E-state index contributed by atoms with van der Waals surface area (Å²) in [5.41, 5.74) is 1.02. The van der Waals surface area contributed by atoms with Crippen LogP contribution in [0.1, 0.15) is 16.8 Å². The van der Waals surface area contributed by atoms with Gasteiger partial charge in [0.2, 0.25) is 5.91 Å². The molecular weight excluding hydrogens is 252 g/mol. The Hall–Kier alpha value is -2.57. The summed E-state index contributed by atoms with van der Waals surface area (Å²) >= 11 is 0. The summed E-state index contributed by atoms with van der Waals surface area (Å²) in [5, 5.41) is 20.2. The van der Waals surface area contributed by atoms with Gasteiger partial charge in [-0.2, -0.15) is 0 Å². The van der Waals surface area contributed by atoms with E-state index in [0.717, 1.165) is 0 Å². The fourth-order valence-corrected chi connectivity index (χ4v) is 2.03. The van der Waals surface area contributed by atoms with Crippen molar-refractivity contribution in [2.24, 2.45) is 0 Å². The second kappa shape index (κ2) is 4.60. The van der Waals surface area contributed by atoms with E-state index in [4.69, 9.17) is 10.2 Å². The van der Waals surface area contributed by atoms with E-state index < -0.39 is 23.9 Å². The zero-order chi connectivity index (χ0) is 14.2. The molecule has 0 bridgehead atoms. The number of hydrogen-bond acceptors (Lipinski definition) is 4. The lowest BCUT2D eigenvalue weighted by Gasteiger charge is -2.34. The van der Waals surface area contributed by atoms with Crippen molar-refractivity contribution in [2.75, 3.05) is 17.3 Å². The molecule has 1 amide bonds. The van der Waals surface area contributed by atoms with Gasteiger partial charge in [-0.1, -0.05) is 0 Å². The molecule has 1 aromatic carbocycles. The largest absolute Gasteiger partial charge is 0.481 e. The lowest BCUT2D eigenvalue weighted by atomic mass is 10.0. The van der Waals surface area contributed by atoms with E-state index in [0.29, 0.717) is 11.4 Å². The van der Waals surface area contributed by atoms with Gasteiger partial charge in [0.05, 0.1) is 23.4 Å². The Morgan fingerprint density at radius 2 is 2.05 bits per heavy atom. The number of aliphatic carboxylic acids is 1. The van der Waals surface area contributed by atoms with Gasteiger partial charge in [0.25, 0.3) is 0 Å². The van der Waals surface area contributed by atoms with Gasteiger partial charge < -0.3 is 20.4 Å². The first-order chi connectivity index (χ1) is 8.90. The number of aromatic carboxylic acids is 1. The number of carboxylic acid groups (broad SMARTS) is 2. The van der Waals surface area contributed by atoms with Crippen molar-refractivity contribution in [3.05, 3.63) is 23.8 Å². The van der Waals surface area contributed by atoms with Crippen molar-refractivity contribution in [1.29, 1.82) is 0 Å². The number of carbonyl (C=O) groups excluding carboxylic acids is 1. The summed E-state index contributed by atoms with van der Waals surface area (Å²) in [6, 6.07) is 3.50. The predicted molar refractivity (Wildman–Crippen MR) is 66.5 cm³/mol. The third kappa shape index (κ3) is 2.35. The number of rotatable bonds is 3. The van der Waals surface area contributed by atoms with Crippen molar-refractivity contribution in [2.45, 2.75) is 12.5 Å². The second-order valence-electron chi connectivity index (χ2n) is 4.25. The number of fused-ring (bicyclic) bond motifs is 1. The van der Waals surface area contributed by atoms with Crippen LogP contribution in [0.4, 0.5) is 11.4 Å². The van der Waals surface area contributed by atoms with Gasteiger partial charge in [-0.25, -0.2) is 4.79 Å². The zero-order valence-corrected chi connectivity index (χ0v) is 10.1. The highest BCUT2D eigenvalue weighted by Crippen LogP contribution is 2.32. The number of likely N-dealkylation sites (N-methyl/N-ethyl adjacent to an activating group) is 1. The summed E-state index contributed by atoms with van der Waals surface area (Å²) in [4.78, 5) is 34.9. The Bertz CT molecular complexity index is 569. The number of carbonyl (C=O) groups is 3. The zero-order valence-electron chi connectivity index (χ0n) is 10.1. The quantitative estimate of drug-likeness (QED) is 0.738. The van der Waals surface area contributed by atoms with Gasteiger partial charge in [-0.15, -0.1) is 0 Å².